The molecule has 100 valence electrons. The molecule has 1 aromatic rings. The molecule has 3 heteroatoms. The van der Waals surface area contributed by atoms with Gasteiger partial charge >= 0.3 is 0 Å². The molecule has 3 nitrogen and oxygen atoms in total. The van der Waals surface area contributed by atoms with Crippen molar-refractivity contribution in [2.75, 3.05) is 6.54 Å². The third-order valence-electron chi connectivity index (χ3n) is 5.57. The Balaban J connectivity index is 1.62. The predicted molar refractivity (Wildman–Crippen MR) is 73.3 cm³/mol. The molecule has 0 radical (unpaired) electrons. The van der Waals surface area contributed by atoms with Crippen LogP contribution in [0.3, 0.4) is 0 Å². The molecule has 1 heterocycles. The van der Waals surface area contributed by atoms with E-state index in [2.05, 4.69) is 36.1 Å². The summed E-state index contributed by atoms with van der Waals surface area (Å²) in [5.74, 6) is 0.923. The van der Waals surface area contributed by atoms with Crippen LogP contribution in [0.1, 0.15) is 45.7 Å². The lowest BCUT2D eigenvalue weighted by Gasteiger charge is -2.43. The number of hydrogen-bond donors (Lipinski definition) is 2. The van der Waals surface area contributed by atoms with Crippen molar-refractivity contribution in [3.63, 3.8) is 0 Å². The summed E-state index contributed by atoms with van der Waals surface area (Å²) in [6.45, 7) is 8.44. The second kappa shape index (κ2) is 4.09. The molecule has 2 fully saturated rings. The maximum atomic E-state index is 4.07. The summed E-state index contributed by atoms with van der Waals surface area (Å²) >= 11 is 0. The van der Waals surface area contributed by atoms with Gasteiger partial charge in [-0.05, 0) is 36.0 Å². The number of imidazole rings is 1. The van der Waals surface area contributed by atoms with E-state index in [1.807, 2.05) is 6.20 Å². The SMILES string of the molecule is CC12CCC(C1)C(C)(C)C2NCCc1cnc[nH]1. The fraction of sp³-hybridized carbons (Fsp3) is 0.800. The molecule has 0 aromatic carbocycles. The van der Waals surface area contributed by atoms with Crippen molar-refractivity contribution in [2.45, 2.75) is 52.5 Å². The summed E-state index contributed by atoms with van der Waals surface area (Å²) in [5, 5.41) is 3.83. The first kappa shape index (κ1) is 12.2. The van der Waals surface area contributed by atoms with Gasteiger partial charge < -0.3 is 10.3 Å². The fourth-order valence-corrected chi connectivity index (χ4v) is 4.58. The van der Waals surface area contributed by atoms with Crippen LogP contribution in [-0.4, -0.2) is 22.6 Å². The number of hydrogen-bond acceptors (Lipinski definition) is 2. The van der Waals surface area contributed by atoms with E-state index in [0.29, 0.717) is 16.9 Å². The van der Waals surface area contributed by atoms with Crippen molar-refractivity contribution in [3.05, 3.63) is 18.2 Å². The van der Waals surface area contributed by atoms with E-state index in [-0.39, 0.29) is 0 Å². The van der Waals surface area contributed by atoms with Crippen LogP contribution in [0, 0.1) is 16.7 Å². The van der Waals surface area contributed by atoms with Crippen LogP contribution >= 0.6 is 0 Å². The Morgan fingerprint density at radius 3 is 2.89 bits per heavy atom. The summed E-state index contributed by atoms with van der Waals surface area (Å²) in [6.07, 6.45) is 8.99. The van der Waals surface area contributed by atoms with Crippen molar-refractivity contribution in [1.82, 2.24) is 15.3 Å². The first-order valence-corrected chi connectivity index (χ1v) is 7.23. The third-order valence-corrected chi connectivity index (χ3v) is 5.57. The number of nitrogens with zero attached hydrogens (tertiary/aromatic N) is 1. The van der Waals surface area contributed by atoms with Crippen LogP contribution in [0.25, 0.3) is 0 Å². The first-order chi connectivity index (χ1) is 8.52. The zero-order chi connectivity index (χ0) is 12.8. The predicted octanol–water partition coefficient (Wildman–Crippen LogP) is 2.76. The van der Waals surface area contributed by atoms with Gasteiger partial charge in [-0.25, -0.2) is 4.98 Å². The molecule has 2 aliphatic rings. The van der Waals surface area contributed by atoms with Gasteiger partial charge in [-0.2, -0.15) is 0 Å². The second-order valence-electron chi connectivity index (χ2n) is 7.13. The first-order valence-electron chi connectivity index (χ1n) is 7.23. The minimum absolute atomic E-state index is 0.459. The molecule has 18 heavy (non-hydrogen) atoms. The normalized spacial score (nSPS) is 37.3. The van der Waals surface area contributed by atoms with Gasteiger partial charge in [-0.1, -0.05) is 20.8 Å². The number of rotatable bonds is 4. The van der Waals surface area contributed by atoms with Crippen LogP contribution in [-0.2, 0) is 6.42 Å². The molecular formula is C15H25N3. The lowest BCUT2D eigenvalue weighted by molar-refractivity contribution is 0.110. The molecule has 3 rings (SSSR count). The number of H-pyrrole nitrogens is 1. The molecule has 3 unspecified atom stereocenters. The van der Waals surface area contributed by atoms with Crippen LogP contribution in [0.15, 0.2) is 12.5 Å². The van der Waals surface area contributed by atoms with Gasteiger partial charge in [-0.3, -0.25) is 0 Å². The highest BCUT2D eigenvalue weighted by molar-refractivity contribution is 5.12. The summed E-state index contributed by atoms with van der Waals surface area (Å²) < 4.78 is 0. The van der Waals surface area contributed by atoms with Crippen LogP contribution in [0.4, 0.5) is 0 Å². The fourth-order valence-electron chi connectivity index (χ4n) is 4.58. The summed E-state index contributed by atoms with van der Waals surface area (Å²) in [6, 6.07) is 0.673. The quantitative estimate of drug-likeness (QED) is 0.859. The smallest absolute Gasteiger partial charge is 0.0921 e. The number of aromatic amines is 1. The van der Waals surface area contributed by atoms with Gasteiger partial charge in [-0.15, -0.1) is 0 Å². The van der Waals surface area contributed by atoms with Crippen molar-refractivity contribution >= 4 is 0 Å². The highest BCUT2D eigenvalue weighted by Crippen LogP contribution is 2.62. The maximum absolute atomic E-state index is 4.07. The second-order valence-corrected chi connectivity index (χ2v) is 7.13. The van der Waals surface area contributed by atoms with Crippen molar-refractivity contribution in [1.29, 1.82) is 0 Å². The molecule has 0 amide bonds. The Bertz CT molecular complexity index is 405. The van der Waals surface area contributed by atoms with Crippen molar-refractivity contribution in [2.24, 2.45) is 16.7 Å². The Kier molecular flexibility index (Phi) is 2.77. The molecule has 2 saturated carbocycles. The van der Waals surface area contributed by atoms with E-state index in [1.54, 1.807) is 6.33 Å². The van der Waals surface area contributed by atoms with Crippen molar-refractivity contribution < 1.29 is 0 Å². The van der Waals surface area contributed by atoms with Gasteiger partial charge in [0.05, 0.1) is 6.33 Å². The zero-order valence-corrected chi connectivity index (χ0v) is 11.8. The van der Waals surface area contributed by atoms with E-state index in [0.717, 1.165) is 18.9 Å². The van der Waals surface area contributed by atoms with E-state index >= 15 is 0 Å². The third kappa shape index (κ3) is 1.80. The number of aromatic nitrogens is 2. The van der Waals surface area contributed by atoms with Gasteiger partial charge in [0.15, 0.2) is 0 Å². The largest absolute Gasteiger partial charge is 0.348 e. The molecule has 2 aliphatic carbocycles. The highest BCUT2D eigenvalue weighted by atomic mass is 15.0. The highest BCUT2D eigenvalue weighted by Gasteiger charge is 2.58. The van der Waals surface area contributed by atoms with Gasteiger partial charge in [0.1, 0.15) is 0 Å². The summed E-state index contributed by atoms with van der Waals surface area (Å²) in [5.41, 5.74) is 2.22. The Hall–Kier alpha value is -0.830. The average Bonchev–Trinajstić information content (AvgIpc) is 2.96. The van der Waals surface area contributed by atoms with E-state index < -0.39 is 0 Å². The van der Waals surface area contributed by atoms with E-state index in [9.17, 15) is 0 Å². The Morgan fingerprint density at radius 1 is 1.44 bits per heavy atom. The molecule has 2 bridgehead atoms. The van der Waals surface area contributed by atoms with Gasteiger partial charge in [0.2, 0.25) is 0 Å². The maximum Gasteiger partial charge on any atom is 0.0921 e. The summed E-state index contributed by atoms with van der Waals surface area (Å²) in [7, 11) is 0. The monoisotopic (exact) mass is 247 g/mol. The lowest BCUT2D eigenvalue weighted by Crippen LogP contribution is -2.50. The standard InChI is InChI=1S/C15H25N3/c1-14(2)11-4-6-15(3,8-11)13(14)17-7-5-12-9-16-10-18-12/h9-11,13,17H,4-8H2,1-3H3,(H,16,18). The molecule has 0 aliphatic heterocycles. The molecule has 3 atom stereocenters. The minimum atomic E-state index is 0.459. The number of fused-ring (bicyclic) bond motifs is 2. The van der Waals surface area contributed by atoms with E-state index in [4.69, 9.17) is 0 Å². The number of nitrogens with one attached hydrogen (secondary N) is 2. The lowest BCUT2D eigenvalue weighted by atomic mass is 9.68. The minimum Gasteiger partial charge on any atom is -0.348 e. The van der Waals surface area contributed by atoms with Crippen LogP contribution in [0.2, 0.25) is 0 Å². The molecule has 0 spiro atoms. The van der Waals surface area contributed by atoms with Crippen molar-refractivity contribution in [3.8, 4) is 0 Å². The van der Waals surface area contributed by atoms with Gasteiger partial charge in [0, 0.05) is 30.9 Å². The van der Waals surface area contributed by atoms with Crippen LogP contribution < -0.4 is 5.32 Å². The summed E-state index contributed by atoms with van der Waals surface area (Å²) in [4.78, 5) is 7.25. The molecule has 2 N–H and O–H groups in total. The van der Waals surface area contributed by atoms with E-state index in [1.165, 1.54) is 25.0 Å². The Labute approximate surface area is 110 Å². The Morgan fingerprint density at radius 2 is 2.28 bits per heavy atom. The van der Waals surface area contributed by atoms with Crippen LogP contribution in [0.5, 0.6) is 0 Å². The molecule has 1 aromatic heterocycles. The molecular weight excluding hydrogens is 222 g/mol. The molecule has 0 saturated heterocycles. The average molecular weight is 247 g/mol. The topological polar surface area (TPSA) is 40.7 Å². The van der Waals surface area contributed by atoms with Gasteiger partial charge in [0.25, 0.3) is 0 Å². The zero-order valence-electron chi connectivity index (χ0n) is 11.8.